The summed E-state index contributed by atoms with van der Waals surface area (Å²) < 4.78 is 4.94. The predicted molar refractivity (Wildman–Crippen MR) is 50.5 cm³/mol. The van der Waals surface area contributed by atoms with E-state index >= 15 is 0 Å². The minimum absolute atomic E-state index is 0.208. The highest BCUT2D eigenvalue weighted by molar-refractivity contribution is 5.30. The van der Waals surface area contributed by atoms with Crippen LogP contribution in [-0.4, -0.2) is 30.0 Å². The topological polar surface area (TPSA) is 49.7 Å². The van der Waals surface area contributed by atoms with E-state index in [4.69, 9.17) is 4.74 Å². The van der Waals surface area contributed by atoms with Crippen LogP contribution in [0, 0.1) is 5.41 Å². The monoisotopic (exact) mass is 184 g/mol. The summed E-state index contributed by atoms with van der Waals surface area (Å²) in [7, 11) is 1.58. The molecule has 1 unspecified atom stereocenters. The Labute approximate surface area is 78.3 Å². The molecule has 0 amide bonds. The fourth-order valence-corrected chi connectivity index (χ4v) is 1.39. The molecule has 1 rings (SSSR count). The third-order valence-corrected chi connectivity index (χ3v) is 2.21. The zero-order valence-electron chi connectivity index (χ0n) is 8.24. The lowest BCUT2D eigenvalue weighted by Crippen LogP contribution is -2.25. The van der Waals surface area contributed by atoms with Crippen LogP contribution in [0.4, 0.5) is 0 Å². The fraction of sp³-hybridized carbons (Fsp3) is 0.600. The van der Waals surface area contributed by atoms with Crippen molar-refractivity contribution in [2.45, 2.75) is 20.0 Å². The van der Waals surface area contributed by atoms with Crippen molar-refractivity contribution in [3.05, 3.63) is 23.5 Å². The highest BCUT2D eigenvalue weighted by Gasteiger charge is 2.28. The van der Waals surface area contributed by atoms with Gasteiger partial charge in [0, 0.05) is 12.5 Å². The van der Waals surface area contributed by atoms with E-state index < -0.39 is 11.5 Å². The Kier molecular flexibility index (Phi) is 2.78. The first-order valence-corrected chi connectivity index (χ1v) is 4.27. The molecule has 0 aliphatic heterocycles. The van der Waals surface area contributed by atoms with Gasteiger partial charge in [-0.05, 0) is 25.5 Å². The number of rotatable bonds is 2. The van der Waals surface area contributed by atoms with Crippen molar-refractivity contribution >= 4 is 0 Å². The van der Waals surface area contributed by atoms with E-state index in [0.717, 1.165) is 5.57 Å². The minimum atomic E-state index is -0.715. The van der Waals surface area contributed by atoms with E-state index in [2.05, 4.69) is 0 Å². The van der Waals surface area contributed by atoms with Gasteiger partial charge in [0.15, 0.2) is 0 Å². The molecule has 0 radical (unpaired) electrons. The molecule has 1 aliphatic rings. The Morgan fingerprint density at radius 2 is 2.15 bits per heavy atom. The molecule has 13 heavy (non-hydrogen) atoms. The summed E-state index contributed by atoms with van der Waals surface area (Å²) in [4.78, 5) is 0. The molecular formula is C10H16O3. The zero-order valence-corrected chi connectivity index (χ0v) is 8.24. The van der Waals surface area contributed by atoms with Gasteiger partial charge in [-0.25, -0.2) is 0 Å². The summed E-state index contributed by atoms with van der Waals surface area (Å²) >= 11 is 0. The predicted octanol–water partition coefficient (Wildman–Crippen LogP) is 1.40. The molecule has 0 fully saturated rings. The van der Waals surface area contributed by atoms with Gasteiger partial charge in [-0.2, -0.15) is 0 Å². The number of aliphatic hydroxyl groups is 2. The molecule has 0 saturated carbocycles. The molecule has 3 heteroatoms. The van der Waals surface area contributed by atoms with Crippen molar-refractivity contribution in [1.82, 2.24) is 0 Å². The van der Waals surface area contributed by atoms with Gasteiger partial charge in [-0.15, -0.1) is 0 Å². The van der Waals surface area contributed by atoms with E-state index in [1.54, 1.807) is 7.11 Å². The van der Waals surface area contributed by atoms with Crippen LogP contribution in [0.2, 0.25) is 0 Å². The summed E-state index contributed by atoms with van der Waals surface area (Å²) in [5, 5.41) is 19.0. The molecule has 0 aromatic carbocycles. The van der Waals surface area contributed by atoms with Gasteiger partial charge in [0.05, 0.1) is 12.7 Å². The van der Waals surface area contributed by atoms with E-state index in [1.807, 2.05) is 19.9 Å². The SMILES string of the molecule is COCC1=CC(C)(C)C(O)=CC1O. The molecule has 2 N–H and O–H groups in total. The van der Waals surface area contributed by atoms with Crippen LogP contribution in [0.5, 0.6) is 0 Å². The normalized spacial score (nSPS) is 26.6. The van der Waals surface area contributed by atoms with Gasteiger partial charge in [0.1, 0.15) is 5.76 Å². The molecular weight excluding hydrogens is 168 g/mol. The first kappa shape index (κ1) is 10.3. The first-order valence-electron chi connectivity index (χ1n) is 4.27. The van der Waals surface area contributed by atoms with E-state index in [1.165, 1.54) is 6.08 Å². The lowest BCUT2D eigenvalue weighted by atomic mass is 9.82. The van der Waals surface area contributed by atoms with Crippen LogP contribution in [-0.2, 0) is 4.74 Å². The standard InChI is InChI=1S/C10H16O3/c1-10(2)5-7(6-13-3)8(11)4-9(10)12/h4-5,8,11-12H,6H2,1-3H3. The van der Waals surface area contributed by atoms with Gasteiger partial charge >= 0.3 is 0 Å². The van der Waals surface area contributed by atoms with E-state index in [-0.39, 0.29) is 5.76 Å². The zero-order chi connectivity index (χ0) is 10.1. The van der Waals surface area contributed by atoms with Gasteiger partial charge in [0.2, 0.25) is 0 Å². The average Bonchev–Trinajstić information content (AvgIpc) is 2.00. The van der Waals surface area contributed by atoms with Gasteiger partial charge in [-0.1, -0.05) is 6.08 Å². The van der Waals surface area contributed by atoms with Crippen LogP contribution in [0.15, 0.2) is 23.5 Å². The molecule has 1 atom stereocenters. The minimum Gasteiger partial charge on any atom is -0.512 e. The van der Waals surface area contributed by atoms with Gasteiger partial charge in [0.25, 0.3) is 0 Å². The van der Waals surface area contributed by atoms with Gasteiger partial charge in [-0.3, -0.25) is 0 Å². The molecule has 0 aromatic rings. The molecule has 0 aromatic heterocycles. The maximum Gasteiger partial charge on any atom is 0.101 e. The summed E-state index contributed by atoms with van der Waals surface area (Å²) in [6.07, 6.45) is 2.58. The van der Waals surface area contributed by atoms with Crippen molar-refractivity contribution in [3.63, 3.8) is 0 Å². The smallest absolute Gasteiger partial charge is 0.101 e. The molecule has 0 spiro atoms. The number of hydrogen-bond donors (Lipinski definition) is 2. The van der Waals surface area contributed by atoms with Crippen molar-refractivity contribution in [2.24, 2.45) is 5.41 Å². The summed E-state index contributed by atoms with van der Waals surface area (Å²) in [6.45, 7) is 4.18. The van der Waals surface area contributed by atoms with Crippen LogP contribution in [0.25, 0.3) is 0 Å². The number of ether oxygens (including phenoxy) is 1. The largest absolute Gasteiger partial charge is 0.512 e. The Hall–Kier alpha value is -0.800. The third-order valence-electron chi connectivity index (χ3n) is 2.21. The highest BCUT2D eigenvalue weighted by Crippen LogP contribution is 2.32. The average molecular weight is 184 g/mol. The maximum absolute atomic E-state index is 9.52. The van der Waals surface area contributed by atoms with Crippen LogP contribution in [0.1, 0.15) is 13.8 Å². The quantitative estimate of drug-likeness (QED) is 0.638. The summed E-state index contributed by atoms with van der Waals surface area (Å²) in [6, 6.07) is 0. The van der Waals surface area contributed by atoms with E-state index in [0.29, 0.717) is 6.61 Å². The van der Waals surface area contributed by atoms with Crippen LogP contribution < -0.4 is 0 Å². The van der Waals surface area contributed by atoms with Crippen molar-refractivity contribution in [2.75, 3.05) is 13.7 Å². The number of allylic oxidation sites excluding steroid dienone is 1. The molecule has 74 valence electrons. The van der Waals surface area contributed by atoms with Crippen molar-refractivity contribution in [3.8, 4) is 0 Å². The highest BCUT2D eigenvalue weighted by atomic mass is 16.5. The molecule has 0 bridgehead atoms. The van der Waals surface area contributed by atoms with Crippen LogP contribution in [0.3, 0.4) is 0 Å². The molecule has 1 aliphatic carbocycles. The Balaban J connectivity index is 2.88. The van der Waals surface area contributed by atoms with Crippen LogP contribution >= 0.6 is 0 Å². The number of aliphatic hydroxyl groups excluding tert-OH is 2. The Bertz CT molecular complexity index is 251. The molecule has 0 saturated heterocycles. The fourth-order valence-electron chi connectivity index (χ4n) is 1.39. The number of methoxy groups -OCH3 is 1. The van der Waals surface area contributed by atoms with Gasteiger partial charge < -0.3 is 14.9 Å². The summed E-state index contributed by atoms with van der Waals surface area (Å²) in [5.41, 5.74) is 0.401. The first-order chi connectivity index (χ1) is 5.97. The lowest BCUT2D eigenvalue weighted by molar-refractivity contribution is 0.171. The second-order valence-electron chi connectivity index (χ2n) is 3.87. The lowest BCUT2D eigenvalue weighted by Gasteiger charge is -2.28. The van der Waals surface area contributed by atoms with Crippen molar-refractivity contribution < 1.29 is 14.9 Å². The second-order valence-corrected chi connectivity index (χ2v) is 3.87. The Morgan fingerprint density at radius 1 is 1.54 bits per heavy atom. The van der Waals surface area contributed by atoms with Crippen molar-refractivity contribution in [1.29, 1.82) is 0 Å². The Morgan fingerprint density at radius 3 is 2.69 bits per heavy atom. The molecule has 3 nitrogen and oxygen atoms in total. The maximum atomic E-state index is 9.52. The van der Waals surface area contributed by atoms with E-state index in [9.17, 15) is 10.2 Å². The number of hydrogen-bond acceptors (Lipinski definition) is 3. The second kappa shape index (κ2) is 3.52. The summed E-state index contributed by atoms with van der Waals surface area (Å²) in [5.74, 6) is 0.208. The third kappa shape index (κ3) is 2.11. The molecule has 0 heterocycles.